The van der Waals surface area contributed by atoms with Gasteiger partial charge in [0.25, 0.3) is 5.91 Å². The summed E-state index contributed by atoms with van der Waals surface area (Å²) in [5, 5.41) is 0. The van der Waals surface area contributed by atoms with Crippen LogP contribution in [0.4, 0.5) is 0 Å². The maximum Gasteiger partial charge on any atom is 0.267 e. The van der Waals surface area contributed by atoms with Crippen LogP contribution in [-0.2, 0) is 0 Å². The van der Waals surface area contributed by atoms with Crippen LogP contribution in [-0.4, -0.2) is 10.9 Å². The Labute approximate surface area is 70.8 Å². The minimum absolute atomic E-state index is 0.293. The summed E-state index contributed by atoms with van der Waals surface area (Å²) in [5.74, 6) is 4.72. The number of rotatable bonds is 1. The van der Waals surface area contributed by atoms with Gasteiger partial charge in [-0.3, -0.25) is 15.2 Å². The number of nitrogens with one attached hydrogen (secondary N) is 1. The van der Waals surface area contributed by atoms with Crippen molar-refractivity contribution in [2.45, 2.75) is 13.8 Å². The molecule has 0 radical (unpaired) electrons. The van der Waals surface area contributed by atoms with Crippen LogP contribution in [0, 0.1) is 13.8 Å². The highest BCUT2D eigenvalue weighted by Crippen LogP contribution is 2.09. The lowest BCUT2D eigenvalue weighted by molar-refractivity contribution is 0.0952. The van der Waals surface area contributed by atoms with Crippen molar-refractivity contribution < 1.29 is 4.79 Å². The number of nitrogens with two attached hydrogens (primary N) is 1. The molecule has 1 aromatic rings. The van der Waals surface area contributed by atoms with E-state index >= 15 is 0 Å². The normalized spacial score (nSPS) is 9.58. The molecule has 64 valence electrons. The summed E-state index contributed by atoms with van der Waals surface area (Å²) in [7, 11) is 0. The molecule has 0 bridgehead atoms. The first-order valence-electron chi connectivity index (χ1n) is 3.60. The summed E-state index contributed by atoms with van der Waals surface area (Å²) in [6.45, 7) is 3.62. The molecule has 0 aliphatic rings. The van der Waals surface area contributed by atoms with Crippen LogP contribution >= 0.6 is 0 Å². The lowest BCUT2D eigenvalue weighted by Crippen LogP contribution is -2.31. The fourth-order valence-electron chi connectivity index (χ4n) is 1.11. The van der Waals surface area contributed by atoms with Crippen LogP contribution in [0.2, 0.25) is 0 Å². The second-order valence-corrected chi connectivity index (χ2v) is 2.56. The van der Waals surface area contributed by atoms with Crippen LogP contribution in [0.25, 0.3) is 0 Å². The molecule has 4 nitrogen and oxygen atoms in total. The van der Waals surface area contributed by atoms with E-state index in [2.05, 4.69) is 10.4 Å². The first-order chi connectivity index (χ1) is 5.66. The molecule has 1 amide bonds. The van der Waals surface area contributed by atoms with Crippen LogP contribution in [0.15, 0.2) is 12.3 Å². The Morgan fingerprint density at radius 1 is 1.58 bits per heavy atom. The summed E-state index contributed by atoms with van der Waals surface area (Å²) < 4.78 is 0. The van der Waals surface area contributed by atoms with Crippen molar-refractivity contribution in [1.82, 2.24) is 10.4 Å². The molecule has 3 N–H and O–H groups in total. The Hall–Kier alpha value is -1.42. The highest BCUT2D eigenvalue weighted by molar-refractivity contribution is 5.96. The smallest absolute Gasteiger partial charge is 0.267 e. The number of hydrazine groups is 1. The Morgan fingerprint density at radius 3 is 2.75 bits per heavy atom. The van der Waals surface area contributed by atoms with Gasteiger partial charge in [-0.2, -0.15) is 0 Å². The van der Waals surface area contributed by atoms with Crippen molar-refractivity contribution in [2.75, 3.05) is 0 Å². The highest BCUT2D eigenvalue weighted by Gasteiger charge is 2.10. The predicted molar refractivity (Wildman–Crippen MR) is 45.4 cm³/mol. The van der Waals surface area contributed by atoms with Crippen LogP contribution in [0.3, 0.4) is 0 Å². The molecule has 1 heterocycles. The zero-order valence-electron chi connectivity index (χ0n) is 7.09. The number of aryl methyl sites for hydroxylation is 2. The van der Waals surface area contributed by atoms with Gasteiger partial charge in [-0.1, -0.05) is 0 Å². The number of carbonyl (C=O) groups is 1. The number of pyridine rings is 1. The van der Waals surface area contributed by atoms with Crippen LogP contribution < -0.4 is 11.3 Å². The van der Waals surface area contributed by atoms with Gasteiger partial charge in [-0.15, -0.1) is 0 Å². The maximum absolute atomic E-state index is 11.2. The van der Waals surface area contributed by atoms with Gasteiger partial charge in [0.2, 0.25) is 0 Å². The predicted octanol–water partition coefficient (Wildman–Crippen LogP) is 0.302. The third kappa shape index (κ3) is 1.43. The summed E-state index contributed by atoms with van der Waals surface area (Å²) in [4.78, 5) is 15.2. The molecule has 0 spiro atoms. The standard InChI is InChI=1S/C8H11N3O/c1-5-3-4-10-6(2)7(5)8(12)11-9/h3-4H,9H2,1-2H3,(H,11,12). The van der Waals surface area contributed by atoms with Crippen molar-refractivity contribution in [3.8, 4) is 0 Å². The Kier molecular flexibility index (Phi) is 2.40. The summed E-state index contributed by atoms with van der Waals surface area (Å²) in [5.41, 5.74) is 4.21. The van der Waals surface area contributed by atoms with E-state index in [1.165, 1.54) is 0 Å². The van der Waals surface area contributed by atoms with Crippen molar-refractivity contribution in [2.24, 2.45) is 5.84 Å². The molecule has 0 fully saturated rings. The summed E-state index contributed by atoms with van der Waals surface area (Å²) >= 11 is 0. The van der Waals surface area contributed by atoms with E-state index in [9.17, 15) is 4.79 Å². The van der Waals surface area contributed by atoms with E-state index in [1.807, 2.05) is 6.92 Å². The maximum atomic E-state index is 11.2. The summed E-state index contributed by atoms with van der Waals surface area (Å²) in [6, 6.07) is 1.78. The van der Waals surface area contributed by atoms with Crippen LogP contribution in [0.5, 0.6) is 0 Å². The fourth-order valence-corrected chi connectivity index (χ4v) is 1.11. The lowest BCUT2D eigenvalue weighted by Gasteiger charge is -2.05. The fraction of sp³-hybridized carbons (Fsp3) is 0.250. The van der Waals surface area contributed by atoms with E-state index in [4.69, 9.17) is 5.84 Å². The van der Waals surface area contributed by atoms with Crippen molar-refractivity contribution in [3.63, 3.8) is 0 Å². The number of carbonyl (C=O) groups excluding carboxylic acids is 1. The second-order valence-electron chi connectivity index (χ2n) is 2.56. The Bertz CT molecular complexity index is 289. The summed E-state index contributed by atoms with van der Waals surface area (Å²) in [6.07, 6.45) is 1.66. The van der Waals surface area contributed by atoms with E-state index < -0.39 is 0 Å². The molecule has 0 aliphatic carbocycles. The third-order valence-electron chi connectivity index (χ3n) is 1.71. The SMILES string of the molecule is Cc1ccnc(C)c1C(=O)NN. The molecule has 0 aliphatic heterocycles. The number of hydrogen-bond donors (Lipinski definition) is 2. The van der Waals surface area contributed by atoms with E-state index in [0.717, 1.165) is 5.56 Å². The van der Waals surface area contributed by atoms with Gasteiger partial charge < -0.3 is 0 Å². The van der Waals surface area contributed by atoms with Gasteiger partial charge in [-0.25, -0.2) is 5.84 Å². The van der Waals surface area contributed by atoms with Gasteiger partial charge in [0.1, 0.15) is 0 Å². The van der Waals surface area contributed by atoms with Gasteiger partial charge >= 0.3 is 0 Å². The lowest BCUT2D eigenvalue weighted by atomic mass is 10.1. The van der Waals surface area contributed by atoms with E-state index in [-0.39, 0.29) is 5.91 Å². The van der Waals surface area contributed by atoms with Gasteiger partial charge in [0, 0.05) is 6.20 Å². The molecular formula is C8H11N3O. The minimum Gasteiger partial charge on any atom is -0.290 e. The van der Waals surface area contributed by atoms with Crippen molar-refractivity contribution in [1.29, 1.82) is 0 Å². The molecule has 0 saturated heterocycles. The average Bonchev–Trinajstić information content (AvgIpc) is 2.03. The van der Waals surface area contributed by atoms with E-state index in [0.29, 0.717) is 11.3 Å². The molecule has 1 aromatic heterocycles. The number of nitrogen functional groups attached to an aromatic ring is 1. The number of amides is 1. The van der Waals surface area contributed by atoms with Gasteiger partial charge in [-0.05, 0) is 25.5 Å². The molecule has 0 atom stereocenters. The Morgan fingerprint density at radius 2 is 2.25 bits per heavy atom. The number of nitrogens with zero attached hydrogens (tertiary/aromatic N) is 1. The molecule has 0 aromatic carbocycles. The molecule has 4 heteroatoms. The zero-order chi connectivity index (χ0) is 9.14. The topological polar surface area (TPSA) is 68.0 Å². The van der Waals surface area contributed by atoms with Gasteiger partial charge in [0.05, 0.1) is 11.3 Å². The highest BCUT2D eigenvalue weighted by atomic mass is 16.2. The first-order valence-corrected chi connectivity index (χ1v) is 3.60. The van der Waals surface area contributed by atoms with E-state index in [1.54, 1.807) is 19.2 Å². The minimum atomic E-state index is -0.293. The van der Waals surface area contributed by atoms with Crippen molar-refractivity contribution >= 4 is 5.91 Å². The Balaban J connectivity index is 3.21. The zero-order valence-corrected chi connectivity index (χ0v) is 7.09. The first kappa shape index (κ1) is 8.67. The molecule has 12 heavy (non-hydrogen) atoms. The number of aromatic nitrogens is 1. The van der Waals surface area contributed by atoms with Gasteiger partial charge in [0.15, 0.2) is 0 Å². The third-order valence-corrected chi connectivity index (χ3v) is 1.71. The monoisotopic (exact) mass is 165 g/mol. The second kappa shape index (κ2) is 3.32. The quantitative estimate of drug-likeness (QED) is 0.357. The molecule has 0 unspecified atom stereocenters. The molecular weight excluding hydrogens is 154 g/mol. The number of hydrogen-bond acceptors (Lipinski definition) is 3. The molecule has 0 saturated carbocycles. The van der Waals surface area contributed by atoms with Crippen molar-refractivity contribution in [3.05, 3.63) is 29.1 Å². The largest absolute Gasteiger partial charge is 0.290 e. The molecule has 1 rings (SSSR count). The average molecular weight is 165 g/mol. The van der Waals surface area contributed by atoms with Crippen LogP contribution in [0.1, 0.15) is 21.6 Å².